The Kier molecular flexibility index (Phi) is 5.25. The van der Waals surface area contributed by atoms with E-state index in [1.807, 2.05) is 0 Å². The number of hydrogen-bond acceptors (Lipinski definition) is 5. The first kappa shape index (κ1) is 18.5. The van der Waals surface area contributed by atoms with Crippen LogP contribution in [-0.2, 0) is 0 Å². The van der Waals surface area contributed by atoms with Gasteiger partial charge in [0.15, 0.2) is 5.13 Å². The number of para-hydroxylation sites is 1. The molecule has 1 amide bonds. The summed E-state index contributed by atoms with van der Waals surface area (Å²) in [5.41, 5.74) is 1.39. The second kappa shape index (κ2) is 7.66. The van der Waals surface area contributed by atoms with Crippen LogP contribution < -0.4 is 4.90 Å². The highest BCUT2D eigenvalue weighted by molar-refractivity contribution is 7.98. The Morgan fingerprint density at radius 1 is 1.22 bits per heavy atom. The minimum absolute atomic E-state index is 0.151. The fourth-order valence-electron chi connectivity index (χ4n) is 3.15. The number of anilines is 1. The number of thioether (sulfide) groups is 1. The molecule has 1 fully saturated rings. The smallest absolute Gasteiger partial charge is 0.255 e. The lowest BCUT2D eigenvalue weighted by Crippen LogP contribution is -2.48. The van der Waals surface area contributed by atoms with Gasteiger partial charge in [-0.3, -0.25) is 4.79 Å². The van der Waals surface area contributed by atoms with E-state index in [1.165, 1.54) is 27.8 Å². The second-order valence-electron chi connectivity index (χ2n) is 6.21. The first-order valence-electron chi connectivity index (χ1n) is 8.49. The number of thiazole rings is 1. The third kappa shape index (κ3) is 3.63. The number of carbonyl (C=O) groups excluding carboxylic acids is 1. The fourth-order valence-corrected chi connectivity index (χ4v) is 5.07. The van der Waals surface area contributed by atoms with Crippen molar-refractivity contribution in [3.8, 4) is 0 Å². The molecule has 0 N–H and O–H groups in total. The lowest BCUT2D eigenvalue weighted by molar-refractivity contribution is 0.0747. The summed E-state index contributed by atoms with van der Waals surface area (Å²) in [4.78, 5) is 22.6. The maximum Gasteiger partial charge on any atom is 0.255 e. The number of fused-ring (bicyclic) bond motifs is 1. The van der Waals surface area contributed by atoms with Gasteiger partial charge in [0.05, 0.1) is 20.8 Å². The Morgan fingerprint density at radius 3 is 2.70 bits per heavy atom. The van der Waals surface area contributed by atoms with E-state index >= 15 is 0 Å². The molecule has 0 atom stereocenters. The Hall–Kier alpha value is -1.83. The standard InChI is InChI=1S/C19H17ClFN3OS2/c1-26-15-3-2-4-16-17(15)22-19(27-16)24-9-7-23(8-10-24)18(25)13-6-5-12(21)11-14(13)20/h2-6,11H,7-10H2,1H3. The highest BCUT2D eigenvalue weighted by atomic mass is 35.5. The summed E-state index contributed by atoms with van der Waals surface area (Å²) >= 11 is 9.41. The zero-order valence-corrected chi connectivity index (χ0v) is 17.0. The number of halogens is 2. The van der Waals surface area contributed by atoms with Crippen molar-refractivity contribution < 1.29 is 9.18 Å². The fraction of sp³-hybridized carbons (Fsp3) is 0.263. The molecule has 1 aliphatic rings. The van der Waals surface area contributed by atoms with Crippen molar-refractivity contribution in [3.63, 3.8) is 0 Å². The van der Waals surface area contributed by atoms with Gasteiger partial charge < -0.3 is 9.80 Å². The molecule has 0 saturated carbocycles. The van der Waals surface area contributed by atoms with Crippen LogP contribution in [0.4, 0.5) is 9.52 Å². The summed E-state index contributed by atoms with van der Waals surface area (Å²) in [6.07, 6.45) is 2.05. The summed E-state index contributed by atoms with van der Waals surface area (Å²) in [6.45, 7) is 2.58. The van der Waals surface area contributed by atoms with Crippen LogP contribution in [0.5, 0.6) is 0 Å². The predicted octanol–water partition coefficient (Wildman–Crippen LogP) is 4.77. The summed E-state index contributed by atoms with van der Waals surface area (Å²) < 4.78 is 14.4. The number of aromatic nitrogens is 1. The molecule has 1 aliphatic heterocycles. The van der Waals surface area contributed by atoms with Gasteiger partial charge in [-0.15, -0.1) is 11.8 Å². The molecule has 0 bridgehead atoms. The van der Waals surface area contributed by atoms with Crippen molar-refractivity contribution in [2.24, 2.45) is 0 Å². The Labute approximate surface area is 169 Å². The van der Waals surface area contributed by atoms with Crippen LogP contribution in [-0.4, -0.2) is 48.2 Å². The Balaban J connectivity index is 1.48. The molecule has 3 aromatic rings. The molecule has 4 nitrogen and oxygen atoms in total. The van der Waals surface area contributed by atoms with E-state index in [0.717, 1.165) is 10.6 Å². The van der Waals surface area contributed by atoms with Crippen molar-refractivity contribution in [2.45, 2.75) is 4.90 Å². The predicted molar refractivity (Wildman–Crippen MR) is 111 cm³/mol. The number of amides is 1. The molecular weight excluding hydrogens is 405 g/mol. The van der Waals surface area contributed by atoms with Crippen molar-refractivity contribution in [1.82, 2.24) is 9.88 Å². The third-order valence-corrected chi connectivity index (χ3v) is 6.75. The van der Waals surface area contributed by atoms with E-state index in [2.05, 4.69) is 29.4 Å². The molecule has 0 aliphatic carbocycles. The maximum atomic E-state index is 13.2. The molecule has 1 aromatic heterocycles. The van der Waals surface area contributed by atoms with Crippen LogP contribution in [0, 0.1) is 5.82 Å². The minimum Gasteiger partial charge on any atom is -0.345 e. The van der Waals surface area contributed by atoms with Gasteiger partial charge in [0.1, 0.15) is 5.82 Å². The van der Waals surface area contributed by atoms with Gasteiger partial charge in [-0.05, 0) is 36.6 Å². The number of carbonyl (C=O) groups is 1. The van der Waals surface area contributed by atoms with Gasteiger partial charge in [0.2, 0.25) is 0 Å². The number of piperazine rings is 1. The SMILES string of the molecule is CSc1cccc2sc(N3CCN(C(=O)c4ccc(F)cc4Cl)CC3)nc12. The van der Waals surface area contributed by atoms with Crippen molar-refractivity contribution >= 4 is 56.0 Å². The molecule has 2 aromatic carbocycles. The second-order valence-corrected chi connectivity index (χ2v) is 8.47. The summed E-state index contributed by atoms with van der Waals surface area (Å²) in [5.74, 6) is -0.601. The molecule has 140 valence electrons. The lowest BCUT2D eigenvalue weighted by atomic mass is 10.1. The lowest BCUT2D eigenvalue weighted by Gasteiger charge is -2.34. The zero-order chi connectivity index (χ0) is 19.0. The van der Waals surface area contributed by atoms with E-state index in [0.29, 0.717) is 31.7 Å². The normalized spacial score (nSPS) is 14.8. The van der Waals surface area contributed by atoms with Gasteiger partial charge in [-0.1, -0.05) is 29.0 Å². The van der Waals surface area contributed by atoms with Crippen LogP contribution in [0.25, 0.3) is 10.2 Å². The van der Waals surface area contributed by atoms with E-state index in [-0.39, 0.29) is 10.9 Å². The average Bonchev–Trinajstić information content (AvgIpc) is 3.12. The monoisotopic (exact) mass is 421 g/mol. The summed E-state index contributed by atoms with van der Waals surface area (Å²) in [6, 6.07) is 10.1. The molecule has 2 heterocycles. The highest BCUT2D eigenvalue weighted by Crippen LogP contribution is 2.34. The van der Waals surface area contributed by atoms with Crippen molar-refractivity contribution in [3.05, 3.63) is 52.8 Å². The van der Waals surface area contributed by atoms with Crippen LogP contribution >= 0.6 is 34.7 Å². The summed E-state index contributed by atoms with van der Waals surface area (Å²) in [7, 11) is 0. The minimum atomic E-state index is -0.443. The first-order chi connectivity index (χ1) is 13.1. The van der Waals surface area contributed by atoms with Crippen molar-refractivity contribution in [1.29, 1.82) is 0 Å². The van der Waals surface area contributed by atoms with E-state index in [9.17, 15) is 9.18 Å². The van der Waals surface area contributed by atoms with Gasteiger partial charge in [0, 0.05) is 31.1 Å². The van der Waals surface area contributed by atoms with Crippen molar-refractivity contribution in [2.75, 3.05) is 37.3 Å². The molecule has 0 spiro atoms. The number of rotatable bonds is 3. The maximum absolute atomic E-state index is 13.2. The molecule has 8 heteroatoms. The number of benzene rings is 2. The van der Waals surface area contributed by atoms with E-state index in [4.69, 9.17) is 16.6 Å². The molecule has 4 rings (SSSR count). The van der Waals surface area contributed by atoms with Gasteiger partial charge in [-0.2, -0.15) is 0 Å². The van der Waals surface area contributed by atoms with E-state index < -0.39 is 5.82 Å². The Bertz CT molecular complexity index is 1000. The van der Waals surface area contributed by atoms with Crippen LogP contribution in [0.15, 0.2) is 41.3 Å². The Morgan fingerprint density at radius 2 is 2.00 bits per heavy atom. The molecule has 0 radical (unpaired) electrons. The van der Waals surface area contributed by atoms with Gasteiger partial charge >= 0.3 is 0 Å². The molecule has 27 heavy (non-hydrogen) atoms. The van der Waals surface area contributed by atoms with Gasteiger partial charge in [0.25, 0.3) is 5.91 Å². The van der Waals surface area contributed by atoms with E-state index in [1.54, 1.807) is 28.0 Å². The van der Waals surface area contributed by atoms with Gasteiger partial charge in [-0.25, -0.2) is 9.37 Å². The number of hydrogen-bond donors (Lipinski definition) is 0. The summed E-state index contributed by atoms with van der Waals surface area (Å²) in [5, 5.41) is 1.14. The molecule has 0 unspecified atom stereocenters. The molecular formula is C19H17ClFN3OS2. The zero-order valence-electron chi connectivity index (χ0n) is 14.6. The largest absolute Gasteiger partial charge is 0.345 e. The van der Waals surface area contributed by atoms with Crippen LogP contribution in [0.3, 0.4) is 0 Å². The topological polar surface area (TPSA) is 36.4 Å². The number of nitrogens with zero attached hydrogens (tertiary/aromatic N) is 3. The van der Waals surface area contributed by atoms with Crippen LogP contribution in [0.2, 0.25) is 5.02 Å². The quantitative estimate of drug-likeness (QED) is 0.570. The molecule has 1 saturated heterocycles. The first-order valence-corrected chi connectivity index (χ1v) is 10.9. The highest BCUT2D eigenvalue weighted by Gasteiger charge is 2.25. The average molecular weight is 422 g/mol. The van der Waals surface area contributed by atoms with Crippen LogP contribution in [0.1, 0.15) is 10.4 Å². The third-order valence-electron chi connectivity index (χ3n) is 4.59.